The molecule has 1 fully saturated rings. The van der Waals surface area contributed by atoms with Gasteiger partial charge in [0.15, 0.2) is 0 Å². The quantitative estimate of drug-likeness (QED) is 0.747. The summed E-state index contributed by atoms with van der Waals surface area (Å²) in [6.45, 7) is 4.88. The van der Waals surface area contributed by atoms with E-state index in [1.165, 1.54) is 0 Å². The molecule has 0 aromatic carbocycles. The maximum Gasteiger partial charge on any atom is 0.319 e. The summed E-state index contributed by atoms with van der Waals surface area (Å²) in [4.78, 5) is 22.6. The Morgan fingerprint density at radius 1 is 1.48 bits per heavy atom. The molecular weight excluding hydrogens is 272 g/mol. The molecule has 1 aromatic heterocycles. The highest BCUT2D eigenvalue weighted by molar-refractivity contribution is 5.90. The van der Waals surface area contributed by atoms with Gasteiger partial charge in [0.05, 0.1) is 23.5 Å². The molecule has 0 spiro atoms. The van der Waals surface area contributed by atoms with Crippen LogP contribution in [0.4, 0.5) is 10.5 Å². The summed E-state index contributed by atoms with van der Waals surface area (Å²) in [7, 11) is 0. The fourth-order valence-corrected chi connectivity index (χ4v) is 2.38. The molecule has 7 nitrogen and oxygen atoms in total. The number of carbonyl (C=O) groups excluding carboxylic acids is 1. The number of urea groups is 1. The number of nitrogens with one attached hydrogen (secondary N) is 2. The molecule has 21 heavy (non-hydrogen) atoms. The zero-order valence-corrected chi connectivity index (χ0v) is 12.4. The lowest BCUT2D eigenvalue weighted by molar-refractivity contribution is -0.145. The van der Waals surface area contributed by atoms with Crippen molar-refractivity contribution in [1.29, 1.82) is 0 Å². The summed E-state index contributed by atoms with van der Waals surface area (Å²) in [6.07, 6.45) is 4.78. The summed E-state index contributed by atoms with van der Waals surface area (Å²) in [6, 6.07) is -0.358. The van der Waals surface area contributed by atoms with E-state index in [9.17, 15) is 9.59 Å². The van der Waals surface area contributed by atoms with E-state index in [4.69, 9.17) is 5.11 Å². The standard InChI is InChI=1S/C14H22N4O3/c1-3-4-5-18-9(2)12(8-15-18)17-14(21)16-11-6-10(7-11)13(19)20/h8,10-11H,3-7H2,1-2H3,(H,19,20)(H2,16,17,21). The summed E-state index contributed by atoms with van der Waals surface area (Å²) >= 11 is 0. The summed E-state index contributed by atoms with van der Waals surface area (Å²) in [5, 5.41) is 18.6. The van der Waals surface area contributed by atoms with Gasteiger partial charge >= 0.3 is 12.0 Å². The smallest absolute Gasteiger partial charge is 0.319 e. The monoisotopic (exact) mass is 294 g/mol. The number of anilines is 1. The van der Waals surface area contributed by atoms with E-state index in [1.54, 1.807) is 6.20 Å². The van der Waals surface area contributed by atoms with Gasteiger partial charge in [-0.1, -0.05) is 13.3 Å². The van der Waals surface area contributed by atoms with Crippen molar-refractivity contribution in [3.63, 3.8) is 0 Å². The maximum atomic E-state index is 11.9. The Morgan fingerprint density at radius 2 is 2.19 bits per heavy atom. The number of aromatic nitrogens is 2. The van der Waals surface area contributed by atoms with Crippen LogP contribution in [-0.4, -0.2) is 32.9 Å². The lowest BCUT2D eigenvalue weighted by Gasteiger charge is -2.32. The number of aliphatic carboxylic acids is 1. The Balaban J connectivity index is 1.81. The molecule has 0 unspecified atom stereocenters. The molecule has 116 valence electrons. The van der Waals surface area contributed by atoms with E-state index in [-0.39, 0.29) is 18.0 Å². The van der Waals surface area contributed by atoms with Crippen LogP contribution < -0.4 is 10.6 Å². The van der Waals surface area contributed by atoms with E-state index in [2.05, 4.69) is 22.7 Å². The first-order chi connectivity index (χ1) is 10.0. The average molecular weight is 294 g/mol. The van der Waals surface area contributed by atoms with Crippen LogP contribution in [0.5, 0.6) is 0 Å². The first-order valence-corrected chi connectivity index (χ1v) is 7.34. The van der Waals surface area contributed by atoms with Crippen LogP contribution in [0.15, 0.2) is 6.20 Å². The third-order valence-corrected chi connectivity index (χ3v) is 3.90. The molecule has 0 aliphatic heterocycles. The Bertz CT molecular complexity index is 520. The zero-order chi connectivity index (χ0) is 15.4. The van der Waals surface area contributed by atoms with Crippen LogP contribution in [0.2, 0.25) is 0 Å². The van der Waals surface area contributed by atoms with Crippen molar-refractivity contribution in [2.75, 3.05) is 5.32 Å². The number of nitrogens with zero attached hydrogens (tertiary/aromatic N) is 2. The third-order valence-electron chi connectivity index (χ3n) is 3.90. The van der Waals surface area contributed by atoms with Crippen molar-refractivity contribution in [2.45, 2.75) is 52.1 Å². The largest absolute Gasteiger partial charge is 0.481 e. The van der Waals surface area contributed by atoms with E-state index >= 15 is 0 Å². The van der Waals surface area contributed by atoms with Gasteiger partial charge in [-0.15, -0.1) is 0 Å². The first-order valence-electron chi connectivity index (χ1n) is 7.34. The van der Waals surface area contributed by atoms with Crippen molar-refractivity contribution < 1.29 is 14.7 Å². The Hall–Kier alpha value is -2.05. The average Bonchev–Trinajstić information content (AvgIpc) is 2.72. The van der Waals surface area contributed by atoms with E-state index in [1.807, 2.05) is 11.6 Å². The maximum absolute atomic E-state index is 11.9. The summed E-state index contributed by atoms with van der Waals surface area (Å²) < 4.78 is 1.88. The third kappa shape index (κ3) is 3.74. The first kappa shape index (κ1) is 15.3. The van der Waals surface area contributed by atoms with Gasteiger partial charge in [-0.05, 0) is 26.2 Å². The van der Waals surface area contributed by atoms with Crippen LogP contribution in [0.3, 0.4) is 0 Å². The minimum absolute atomic E-state index is 0.0541. The number of hydrogen-bond acceptors (Lipinski definition) is 3. The number of carbonyl (C=O) groups is 2. The number of carboxylic acids is 1. The Morgan fingerprint density at radius 3 is 2.81 bits per heavy atom. The normalized spacial score (nSPS) is 20.7. The second kappa shape index (κ2) is 6.60. The number of hydrogen-bond donors (Lipinski definition) is 3. The highest BCUT2D eigenvalue weighted by Crippen LogP contribution is 2.27. The summed E-state index contributed by atoms with van der Waals surface area (Å²) in [5.74, 6) is -1.12. The van der Waals surface area contributed by atoms with E-state index in [0.29, 0.717) is 18.5 Å². The molecular formula is C14H22N4O3. The molecule has 2 rings (SSSR count). The molecule has 1 saturated carbocycles. The van der Waals surface area contributed by atoms with Crippen LogP contribution in [0.1, 0.15) is 38.3 Å². The van der Waals surface area contributed by atoms with E-state index < -0.39 is 5.97 Å². The Labute approximate surface area is 123 Å². The minimum Gasteiger partial charge on any atom is -0.481 e. The van der Waals surface area contributed by atoms with Crippen LogP contribution in [-0.2, 0) is 11.3 Å². The molecule has 0 atom stereocenters. The van der Waals surface area contributed by atoms with Crippen molar-refractivity contribution in [3.8, 4) is 0 Å². The predicted molar refractivity (Wildman–Crippen MR) is 78.2 cm³/mol. The van der Waals surface area contributed by atoms with Crippen molar-refractivity contribution in [3.05, 3.63) is 11.9 Å². The van der Waals surface area contributed by atoms with Gasteiger partial charge in [0.1, 0.15) is 0 Å². The van der Waals surface area contributed by atoms with Crippen LogP contribution in [0, 0.1) is 12.8 Å². The molecule has 2 amide bonds. The molecule has 3 N–H and O–H groups in total. The van der Waals surface area contributed by atoms with Crippen molar-refractivity contribution in [2.24, 2.45) is 5.92 Å². The summed E-state index contributed by atoms with van der Waals surface area (Å²) in [5.41, 5.74) is 1.62. The van der Waals surface area contributed by atoms with E-state index in [0.717, 1.165) is 25.1 Å². The number of unbranched alkanes of at least 4 members (excludes halogenated alkanes) is 1. The van der Waals surface area contributed by atoms with Crippen molar-refractivity contribution >= 4 is 17.7 Å². The van der Waals surface area contributed by atoms with Crippen LogP contribution >= 0.6 is 0 Å². The molecule has 0 saturated heterocycles. The Kier molecular flexibility index (Phi) is 4.82. The molecule has 0 bridgehead atoms. The molecule has 1 heterocycles. The highest BCUT2D eigenvalue weighted by atomic mass is 16.4. The highest BCUT2D eigenvalue weighted by Gasteiger charge is 2.35. The van der Waals surface area contributed by atoms with Gasteiger partial charge < -0.3 is 15.7 Å². The molecule has 0 radical (unpaired) electrons. The second-order valence-corrected chi connectivity index (χ2v) is 5.52. The fourth-order valence-electron chi connectivity index (χ4n) is 2.38. The van der Waals surface area contributed by atoms with Gasteiger partial charge in [-0.3, -0.25) is 9.48 Å². The SMILES string of the molecule is CCCCn1ncc(NC(=O)NC2CC(C(=O)O)C2)c1C. The van der Waals surface area contributed by atoms with Crippen molar-refractivity contribution in [1.82, 2.24) is 15.1 Å². The molecule has 1 aliphatic carbocycles. The number of carboxylic acid groups (broad SMARTS) is 1. The molecule has 1 aliphatic rings. The number of amides is 2. The number of rotatable bonds is 6. The van der Waals surface area contributed by atoms with Gasteiger partial charge in [-0.2, -0.15) is 5.10 Å². The van der Waals surface area contributed by atoms with Gasteiger partial charge in [0, 0.05) is 12.6 Å². The second-order valence-electron chi connectivity index (χ2n) is 5.52. The minimum atomic E-state index is -0.790. The van der Waals surface area contributed by atoms with Gasteiger partial charge in [0.2, 0.25) is 0 Å². The fraction of sp³-hybridized carbons (Fsp3) is 0.643. The lowest BCUT2D eigenvalue weighted by Crippen LogP contribution is -2.48. The van der Waals surface area contributed by atoms with Gasteiger partial charge in [0.25, 0.3) is 0 Å². The van der Waals surface area contributed by atoms with Crippen LogP contribution in [0.25, 0.3) is 0 Å². The topological polar surface area (TPSA) is 96.3 Å². The lowest BCUT2D eigenvalue weighted by atomic mass is 9.80. The van der Waals surface area contributed by atoms with Gasteiger partial charge in [-0.25, -0.2) is 4.79 Å². The predicted octanol–water partition coefficient (Wildman–Crippen LogP) is 1.98. The number of aryl methyl sites for hydroxylation is 1. The molecule has 1 aromatic rings. The zero-order valence-electron chi connectivity index (χ0n) is 12.4. The molecule has 7 heteroatoms.